The zero-order chi connectivity index (χ0) is 16.0. The van der Waals surface area contributed by atoms with E-state index in [4.69, 9.17) is 0 Å². The highest BCUT2D eigenvalue weighted by Gasteiger charge is 2.40. The van der Waals surface area contributed by atoms with E-state index in [9.17, 15) is 0 Å². The largest absolute Gasteiger partial charge is 0.0654 e. The van der Waals surface area contributed by atoms with Crippen LogP contribution in [0.5, 0.6) is 0 Å². The van der Waals surface area contributed by atoms with Crippen LogP contribution in [0.25, 0.3) is 0 Å². The Bertz CT molecular complexity index is 267. The lowest BCUT2D eigenvalue weighted by Crippen LogP contribution is -2.23. The molecule has 0 aliphatic heterocycles. The Hall–Kier alpha value is 0. The van der Waals surface area contributed by atoms with Crippen LogP contribution in [0.4, 0.5) is 0 Å². The molecule has 0 spiro atoms. The third-order valence-electron chi connectivity index (χ3n) is 6.43. The fourth-order valence-corrected chi connectivity index (χ4v) is 4.44. The Morgan fingerprint density at radius 1 is 0.952 bits per heavy atom. The van der Waals surface area contributed by atoms with Crippen molar-refractivity contribution in [2.45, 2.75) is 93.4 Å². The van der Waals surface area contributed by atoms with E-state index >= 15 is 0 Å². The molecule has 6 atom stereocenters. The molecule has 6 unspecified atom stereocenters. The van der Waals surface area contributed by atoms with E-state index in [1.54, 1.807) is 0 Å². The van der Waals surface area contributed by atoms with E-state index < -0.39 is 0 Å². The molecule has 1 fully saturated rings. The fraction of sp³-hybridized carbons (Fsp3) is 1.00. The van der Waals surface area contributed by atoms with Gasteiger partial charge in [-0.05, 0) is 54.3 Å². The van der Waals surface area contributed by atoms with Crippen molar-refractivity contribution < 1.29 is 0 Å². The van der Waals surface area contributed by atoms with Crippen molar-refractivity contribution in [3.8, 4) is 0 Å². The lowest BCUT2D eigenvalue weighted by Gasteiger charge is -2.32. The van der Waals surface area contributed by atoms with Gasteiger partial charge in [0.15, 0.2) is 0 Å². The van der Waals surface area contributed by atoms with E-state index in [0.717, 1.165) is 41.4 Å². The summed E-state index contributed by atoms with van der Waals surface area (Å²) in [7, 11) is 0. The third kappa shape index (κ3) is 6.33. The minimum absolute atomic E-state index is 0.869. The summed E-state index contributed by atoms with van der Waals surface area (Å²) < 4.78 is 0. The Kier molecular flexibility index (Phi) is 8.35. The lowest BCUT2D eigenvalue weighted by atomic mass is 9.74. The van der Waals surface area contributed by atoms with Gasteiger partial charge >= 0.3 is 0 Å². The van der Waals surface area contributed by atoms with Gasteiger partial charge in [-0.15, -0.1) is 0 Å². The maximum atomic E-state index is 2.55. The Balaban J connectivity index is 2.51. The van der Waals surface area contributed by atoms with E-state index in [1.807, 2.05) is 0 Å². The molecule has 0 aromatic carbocycles. The van der Waals surface area contributed by atoms with Gasteiger partial charge in [0.25, 0.3) is 0 Å². The van der Waals surface area contributed by atoms with Crippen molar-refractivity contribution in [3.63, 3.8) is 0 Å². The molecule has 0 aromatic rings. The fourth-order valence-electron chi connectivity index (χ4n) is 4.44. The predicted molar refractivity (Wildman–Crippen MR) is 96.5 cm³/mol. The molecule has 0 heteroatoms. The molecule has 0 N–H and O–H groups in total. The molecular weight excluding hydrogens is 252 g/mol. The van der Waals surface area contributed by atoms with Gasteiger partial charge in [-0.2, -0.15) is 0 Å². The van der Waals surface area contributed by atoms with Gasteiger partial charge in [0, 0.05) is 0 Å². The van der Waals surface area contributed by atoms with Crippen LogP contribution in [-0.2, 0) is 0 Å². The summed E-state index contributed by atoms with van der Waals surface area (Å²) in [4.78, 5) is 0. The second kappa shape index (κ2) is 9.21. The van der Waals surface area contributed by atoms with E-state index in [-0.39, 0.29) is 0 Å². The minimum atomic E-state index is 0.869. The summed E-state index contributed by atoms with van der Waals surface area (Å²) in [6.07, 6.45) is 10.1. The van der Waals surface area contributed by atoms with Gasteiger partial charge in [0.2, 0.25) is 0 Å². The first-order chi connectivity index (χ1) is 9.90. The van der Waals surface area contributed by atoms with Crippen LogP contribution in [0, 0.1) is 41.4 Å². The summed E-state index contributed by atoms with van der Waals surface area (Å²) in [5, 5.41) is 0. The van der Waals surface area contributed by atoms with E-state index in [0.29, 0.717) is 0 Å². The minimum Gasteiger partial charge on any atom is -0.0654 e. The monoisotopic (exact) mass is 294 g/mol. The maximum absolute atomic E-state index is 2.55. The molecular formula is C21H42. The van der Waals surface area contributed by atoms with Crippen molar-refractivity contribution in [2.24, 2.45) is 41.4 Å². The molecule has 1 saturated carbocycles. The average molecular weight is 295 g/mol. The highest BCUT2D eigenvalue weighted by molar-refractivity contribution is 4.90. The van der Waals surface area contributed by atoms with Crippen molar-refractivity contribution in [1.82, 2.24) is 0 Å². The van der Waals surface area contributed by atoms with Crippen molar-refractivity contribution in [3.05, 3.63) is 0 Å². The van der Waals surface area contributed by atoms with E-state index in [1.165, 1.54) is 44.9 Å². The van der Waals surface area contributed by atoms with Crippen LogP contribution >= 0.6 is 0 Å². The summed E-state index contributed by atoms with van der Waals surface area (Å²) in [5.74, 6) is 6.71. The molecule has 21 heavy (non-hydrogen) atoms. The van der Waals surface area contributed by atoms with Gasteiger partial charge in [0.1, 0.15) is 0 Å². The zero-order valence-corrected chi connectivity index (χ0v) is 16.0. The first-order valence-corrected chi connectivity index (χ1v) is 9.90. The maximum Gasteiger partial charge on any atom is -0.0357 e. The van der Waals surface area contributed by atoms with Gasteiger partial charge < -0.3 is 0 Å². The molecule has 1 rings (SSSR count). The zero-order valence-electron chi connectivity index (χ0n) is 16.0. The highest BCUT2D eigenvalue weighted by Crippen LogP contribution is 2.48. The molecule has 1 aliphatic carbocycles. The summed E-state index contributed by atoms with van der Waals surface area (Å²) in [6.45, 7) is 17.1. The second-order valence-electron chi connectivity index (χ2n) is 8.63. The quantitative estimate of drug-likeness (QED) is 0.378. The van der Waals surface area contributed by atoms with Crippen LogP contribution in [-0.4, -0.2) is 0 Å². The predicted octanol–water partition coefficient (Wildman–Crippen LogP) is 7.18. The Morgan fingerprint density at radius 3 is 2.00 bits per heavy atom. The lowest BCUT2D eigenvalue weighted by molar-refractivity contribution is 0.182. The molecule has 0 bridgehead atoms. The molecule has 0 radical (unpaired) electrons. The molecule has 0 amide bonds. The van der Waals surface area contributed by atoms with Crippen LogP contribution in [0.1, 0.15) is 93.4 Å². The first kappa shape index (κ1) is 19.0. The summed E-state index contributed by atoms with van der Waals surface area (Å²) in [5.41, 5.74) is 0. The van der Waals surface area contributed by atoms with Gasteiger partial charge in [-0.25, -0.2) is 0 Å². The number of rotatable bonds is 11. The van der Waals surface area contributed by atoms with Crippen LogP contribution in [0.2, 0.25) is 0 Å². The van der Waals surface area contributed by atoms with Gasteiger partial charge in [-0.3, -0.25) is 0 Å². The van der Waals surface area contributed by atoms with Gasteiger partial charge in [0.05, 0.1) is 0 Å². The second-order valence-corrected chi connectivity index (χ2v) is 8.63. The Morgan fingerprint density at radius 2 is 1.57 bits per heavy atom. The molecule has 0 aromatic heterocycles. The van der Waals surface area contributed by atoms with Crippen molar-refractivity contribution in [1.29, 1.82) is 0 Å². The summed E-state index contributed by atoms with van der Waals surface area (Å²) in [6, 6.07) is 0. The smallest absolute Gasteiger partial charge is 0.0357 e. The van der Waals surface area contributed by atoms with Crippen LogP contribution < -0.4 is 0 Å². The van der Waals surface area contributed by atoms with Crippen LogP contribution in [0.3, 0.4) is 0 Å². The van der Waals surface area contributed by atoms with Gasteiger partial charge in [-0.1, -0.05) is 80.6 Å². The van der Waals surface area contributed by atoms with Crippen molar-refractivity contribution >= 4 is 0 Å². The molecule has 0 nitrogen and oxygen atoms in total. The normalized spacial score (nSPS) is 27.4. The Labute approximate surface area is 135 Å². The topological polar surface area (TPSA) is 0 Å². The average Bonchev–Trinajstić information content (AvgIpc) is 3.17. The SMILES string of the molecule is CCCC(CCC(C)C)CC(CC)C(C)C(C)C1CC1C. The highest BCUT2D eigenvalue weighted by atomic mass is 14.5. The molecule has 1 aliphatic rings. The summed E-state index contributed by atoms with van der Waals surface area (Å²) >= 11 is 0. The van der Waals surface area contributed by atoms with Crippen LogP contribution in [0.15, 0.2) is 0 Å². The number of hydrogen-bond acceptors (Lipinski definition) is 0. The standard InChI is InChI=1S/C21H42/c1-8-10-19(12-11-15(3)4)14-20(9-2)17(6)18(7)21-13-16(21)5/h15-21H,8-14H2,1-7H3. The molecule has 0 saturated heterocycles. The number of hydrogen-bond donors (Lipinski definition) is 0. The molecule has 0 heterocycles. The van der Waals surface area contributed by atoms with E-state index in [2.05, 4.69) is 48.5 Å². The van der Waals surface area contributed by atoms with Crippen molar-refractivity contribution in [2.75, 3.05) is 0 Å². The molecule has 126 valence electrons. The first-order valence-electron chi connectivity index (χ1n) is 9.90. The third-order valence-corrected chi connectivity index (χ3v) is 6.43.